The Hall–Kier alpha value is -2.64. The zero-order valence-electron chi connectivity index (χ0n) is 10.9. The van der Waals surface area contributed by atoms with Gasteiger partial charge in [-0.15, -0.1) is 0 Å². The van der Waals surface area contributed by atoms with Crippen LogP contribution in [0.15, 0.2) is 53.3 Å². The molecule has 2 aromatic carbocycles. The van der Waals surface area contributed by atoms with Crippen LogP contribution in [-0.2, 0) is 0 Å². The van der Waals surface area contributed by atoms with Crippen LogP contribution < -0.4 is 5.56 Å². The lowest BCUT2D eigenvalue weighted by Gasteiger charge is -2.11. The van der Waals surface area contributed by atoms with Gasteiger partial charge in [-0.05, 0) is 23.8 Å². The van der Waals surface area contributed by atoms with E-state index in [0.717, 1.165) is 5.56 Å². The van der Waals surface area contributed by atoms with Gasteiger partial charge in [0.2, 0.25) is 0 Å². The number of rotatable bonds is 2. The average molecular weight is 296 g/mol. The smallest absolute Gasteiger partial charge is 0.267 e. The molecule has 21 heavy (non-hydrogen) atoms. The van der Waals surface area contributed by atoms with Crippen molar-refractivity contribution >= 4 is 22.4 Å². The fourth-order valence-corrected chi connectivity index (χ4v) is 2.43. The highest BCUT2D eigenvalue weighted by molar-refractivity contribution is 6.30. The molecule has 0 aliphatic rings. The number of aromatic amines is 1. The van der Waals surface area contributed by atoms with Gasteiger partial charge in [-0.3, -0.25) is 4.79 Å². The van der Waals surface area contributed by atoms with Crippen molar-refractivity contribution < 1.29 is 0 Å². The van der Waals surface area contributed by atoms with Crippen molar-refractivity contribution in [3.05, 3.63) is 75.2 Å². The molecule has 4 nitrogen and oxygen atoms in total. The summed E-state index contributed by atoms with van der Waals surface area (Å²) in [6.45, 7) is 0. The number of hydrogen-bond acceptors (Lipinski definition) is 3. The third kappa shape index (κ3) is 2.39. The maximum Gasteiger partial charge on any atom is 0.272 e. The molecule has 1 N–H and O–H groups in total. The van der Waals surface area contributed by atoms with Gasteiger partial charge in [-0.25, -0.2) is 5.10 Å². The number of nitrogens with one attached hydrogen (secondary N) is 1. The molecular formula is C16H10ClN3O. The minimum Gasteiger partial charge on any atom is -0.267 e. The first kappa shape index (κ1) is 13.3. The molecule has 0 bridgehead atoms. The zero-order chi connectivity index (χ0) is 14.8. The average Bonchev–Trinajstić information content (AvgIpc) is 2.52. The molecule has 1 heterocycles. The lowest BCUT2D eigenvalue weighted by Crippen LogP contribution is -2.13. The molecular weight excluding hydrogens is 286 g/mol. The van der Waals surface area contributed by atoms with E-state index in [-0.39, 0.29) is 5.56 Å². The number of halogens is 1. The van der Waals surface area contributed by atoms with Crippen LogP contribution in [0.25, 0.3) is 10.8 Å². The molecule has 0 aliphatic heterocycles. The molecule has 0 radical (unpaired) electrons. The van der Waals surface area contributed by atoms with Crippen LogP contribution in [0.5, 0.6) is 0 Å². The number of H-pyrrole nitrogens is 1. The summed E-state index contributed by atoms with van der Waals surface area (Å²) >= 11 is 5.88. The molecule has 0 spiro atoms. The van der Waals surface area contributed by atoms with Crippen LogP contribution in [-0.4, -0.2) is 10.2 Å². The first-order chi connectivity index (χ1) is 10.2. The summed E-state index contributed by atoms with van der Waals surface area (Å²) in [6.07, 6.45) is 0. The molecule has 1 atom stereocenters. The minimum atomic E-state index is -0.566. The lowest BCUT2D eigenvalue weighted by atomic mass is 9.94. The standard InChI is InChI=1S/C16H10ClN3O/c17-11-7-5-10(6-8-11)14(9-18)15-12-3-1-2-4-13(12)16(21)20-19-15/h1-8,14H,(H,20,21)/t14-/m1/s1. The van der Waals surface area contributed by atoms with Crippen LogP contribution in [0.4, 0.5) is 0 Å². The molecule has 0 saturated carbocycles. The van der Waals surface area contributed by atoms with Gasteiger partial charge in [-0.1, -0.05) is 41.9 Å². The highest BCUT2D eigenvalue weighted by Crippen LogP contribution is 2.27. The Morgan fingerprint density at radius 3 is 2.43 bits per heavy atom. The van der Waals surface area contributed by atoms with Gasteiger partial charge in [0.05, 0.1) is 17.1 Å². The molecule has 1 aromatic heterocycles. The summed E-state index contributed by atoms with van der Waals surface area (Å²) in [5.74, 6) is -0.566. The Labute approximate surface area is 125 Å². The predicted octanol–water partition coefficient (Wildman–Crippen LogP) is 3.23. The molecule has 102 valence electrons. The van der Waals surface area contributed by atoms with E-state index in [2.05, 4.69) is 16.3 Å². The maximum atomic E-state index is 11.8. The van der Waals surface area contributed by atoms with Crippen molar-refractivity contribution in [3.8, 4) is 6.07 Å². The monoisotopic (exact) mass is 295 g/mol. The third-order valence-electron chi connectivity index (χ3n) is 3.33. The number of fused-ring (bicyclic) bond motifs is 1. The molecule has 0 fully saturated rings. The molecule has 0 aliphatic carbocycles. The highest BCUT2D eigenvalue weighted by Gasteiger charge is 2.19. The third-order valence-corrected chi connectivity index (χ3v) is 3.58. The summed E-state index contributed by atoms with van der Waals surface area (Å²) in [7, 11) is 0. The van der Waals surface area contributed by atoms with Crippen LogP contribution in [0.1, 0.15) is 17.2 Å². The second-order valence-corrected chi connectivity index (χ2v) is 5.03. The Bertz CT molecular complexity index is 894. The van der Waals surface area contributed by atoms with E-state index in [4.69, 9.17) is 11.6 Å². The minimum absolute atomic E-state index is 0.262. The first-order valence-electron chi connectivity index (χ1n) is 6.33. The Balaban J connectivity index is 2.23. The van der Waals surface area contributed by atoms with E-state index in [1.54, 1.807) is 42.5 Å². The quantitative estimate of drug-likeness (QED) is 0.789. The van der Waals surface area contributed by atoms with Gasteiger partial charge in [0.15, 0.2) is 0 Å². The van der Waals surface area contributed by atoms with Gasteiger partial charge in [0, 0.05) is 10.4 Å². The van der Waals surface area contributed by atoms with Crippen LogP contribution in [0.3, 0.4) is 0 Å². The van der Waals surface area contributed by atoms with Gasteiger partial charge in [0.25, 0.3) is 5.56 Å². The second-order valence-electron chi connectivity index (χ2n) is 4.60. The number of aromatic nitrogens is 2. The SMILES string of the molecule is N#C[C@H](c1ccc(Cl)cc1)c1n[nH]c(=O)c2ccccc12. The molecule has 0 saturated heterocycles. The normalized spacial score (nSPS) is 12.0. The summed E-state index contributed by atoms with van der Waals surface area (Å²) in [5, 5.41) is 17.9. The Kier molecular flexibility index (Phi) is 3.43. The van der Waals surface area contributed by atoms with Gasteiger partial charge in [0.1, 0.15) is 5.92 Å². The van der Waals surface area contributed by atoms with E-state index in [1.807, 2.05) is 6.07 Å². The lowest BCUT2D eigenvalue weighted by molar-refractivity contribution is 0.888. The van der Waals surface area contributed by atoms with Crippen molar-refractivity contribution in [2.75, 3.05) is 0 Å². The van der Waals surface area contributed by atoms with Crippen molar-refractivity contribution in [2.24, 2.45) is 0 Å². The molecule has 0 unspecified atom stereocenters. The van der Waals surface area contributed by atoms with Crippen LogP contribution >= 0.6 is 11.6 Å². The summed E-state index contributed by atoms with van der Waals surface area (Å²) in [5.41, 5.74) is 1.06. The van der Waals surface area contributed by atoms with Crippen molar-refractivity contribution in [3.63, 3.8) is 0 Å². The fraction of sp³-hybridized carbons (Fsp3) is 0.0625. The summed E-state index contributed by atoms with van der Waals surface area (Å²) in [4.78, 5) is 11.8. The largest absolute Gasteiger partial charge is 0.272 e. The van der Waals surface area contributed by atoms with Crippen molar-refractivity contribution in [1.29, 1.82) is 5.26 Å². The molecule has 3 aromatic rings. The first-order valence-corrected chi connectivity index (χ1v) is 6.71. The number of nitriles is 1. The summed E-state index contributed by atoms with van der Waals surface area (Å²) in [6, 6.07) is 16.4. The zero-order valence-corrected chi connectivity index (χ0v) is 11.6. The van der Waals surface area contributed by atoms with Crippen molar-refractivity contribution in [1.82, 2.24) is 10.2 Å². The van der Waals surface area contributed by atoms with Gasteiger partial charge < -0.3 is 0 Å². The van der Waals surface area contributed by atoms with Gasteiger partial charge >= 0.3 is 0 Å². The van der Waals surface area contributed by atoms with E-state index in [9.17, 15) is 10.1 Å². The van der Waals surface area contributed by atoms with Crippen molar-refractivity contribution in [2.45, 2.75) is 5.92 Å². The van der Waals surface area contributed by atoms with Gasteiger partial charge in [-0.2, -0.15) is 10.4 Å². The summed E-state index contributed by atoms with van der Waals surface area (Å²) < 4.78 is 0. The Morgan fingerprint density at radius 2 is 1.76 bits per heavy atom. The second kappa shape index (κ2) is 5.39. The van der Waals surface area contributed by atoms with Crippen LogP contribution in [0, 0.1) is 11.3 Å². The van der Waals surface area contributed by atoms with E-state index >= 15 is 0 Å². The van der Waals surface area contributed by atoms with Crippen LogP contribution in [0.2, 0.25) is 5.02 Å². The predicted molar refractivity (Wildman–Crippen MR) is 81.3 cm³/mol. The molecule has 3 rings (SSSR count). The maximum absolute atomic E-state index is 11.8. The molecule has 0 amide bonds. The van der Waals surface area contributed by atoms with E-state index in [1.165, 1.54) is 0 Å². The van der Waals surface area contributed by atoms with E-state index in [0.29, 0.717) is 21.5 Å². The van der Waals surface area contributed by atoms with E-state index < -0.39 is 5.92 Å². The Morgan fingerprint density at radius 1 is 1.10 bits per heavy atom. The topological polar surface area (TPSA) is 69.5 Å². The number of benzene rings is 2. The highest BCUT2D eigenvalue weighted by atomic mass is 35.5. The molecule has 5 heteroatoms. The number of hydrogen-bond donors (Lipinski definition) is 1. The number of nitrogens with zero attached hydrogens (tertiary/aromatic N) is 2. The fourth-order valence-electron chi connectivity index (χ4n) is 2.30.